The molecule has 0 heterocycles. The monoisotopic (exact) mass is 307 g/mol. The third-order valence-corrected chi connectivity index (χ3v) is 2.79. The molecule has 0 aliphatic rings. The van der Waals surface area contributed by atoms with E-state index < -0.39 is 29.7 Å². The Bertz CT molecular complexity index is 352. The Morgan fingerprint density at radius 1 is 1.30 bits per heavy atom. The average molecular weight is 307 g/mol. The molecule has 0 aromatic rings. The third-order valence-electron chi connectivity index (χ3n) is 1.77. The molecule has 2 N–H and O–H groups in total. The highest BCUT2D eigenvalue weighted by Crippen LogP contribution is 2.09. The Kier molecular flexibility index (Phi) is 8.05. The SMILES string of the molecule is CCOC(=O)[C@H](CSCC(=O)O)NC(=O)OC(C)(C)C. The molecule has 0 fully saturated rings. The minimum absolute atomic E-state index is 0.102. The first kappa shape index (κ1) is 18.6. The minimum Gasteiger partial charge on any atom is -0.481 e. The van der Waals surface area contributed by atoms with Crippen molar-refractivity contribution in [2.45, 2.75) is 39.3 Å². The van der Waals surface area contributed by atoms with Crippen molar-refractivity contribution in [2.24, 2.45) is 0 Å². The number of thioether (sulfide) groups is 1. The molecule has 0 saturated heterocycles. The molecule has 1 atom stereocenters. The van der Waals surface area contributed by atoms with Crippen LogP contribution in [0.3, 0.4) is 0 Å². The van der Waals surface area contributed by atoms with Crippen LogP contribution < -0.4 is 5.32 Å². The Labute approximate surface area is 122 Å². The summed E-state index contributed by atoms with van der Waals surface area (Å²) in [6.07, 6.45) is -0.744. The lowest BCUT2D eigenvalue weighted by molar-refractivity contribution is -0.145. The van der Waals surface area contributed by atoms with Crippen LogP contribution in [-0.2, 0) is 19.1 Å². The number of carbonyl (C=O) groups is 3. The Balaban J connectivity index is 4.48. The van der Waals surface area contributed by atoms with Gasteiger partial charge in [0.1, 0.15) is 11.6 Å². The van der Waals surface area contributed by atoms with Gasteiger partial charge in [-0.25, -0.2) is 9.59 Å². The van der Waals surface area contributed by atoms with Gasteiger partial charge in [0.15, 0.2) is 0 Å². The number of carboxylic acids is 1. The first-order valence-electron chi connectivity index (χ1n) is 6.11. The van der Waals surface area contributed by atoms with E-state index in [1.807, 2.05) is 0 Å². The van der Waals surface area contributed by atoms with Gasteiger partial charge >= 0.3 is 18.0 Å². The Hall–Kier alpha value is -1.44. The largest absolute Gasteiger partial charge is 0.481 e. The zero-order valence-corrected chi connectivity index (χ0v) is 12.9. The van der Waals surface area contributed by atoms with Crippen LogP contribution in [0.25, 0.3) is 0 Å². The number of ether oxygens (including phenoxy) is 2. The molecule has 0 spiro atoms. The molecular formula is C12H21NO6S. The van der Waals surface area contributed by atoms with Crippen molar-refractivity contribution in [3.8, 4) is 0 Å². The molecule has 0 aliphatic heterocycles. The molecule has 116 valence electrons. The van der Waals surface area contributed by atoms with Crippen LogP contribution in [0.1, 0.15) is 27.7 Å². The molecule has 0 saturated carbocycles. The van der Waals surface area contributed by atoms with Gasteiger partial charge < -0.3 is 19.9 Å². The number of hydrogen-bond donors (Lipinski definition) is 2. The first-order chi connectivity index (χ1) is 9.15. The summed E-state index contributed by atoms with van der Waals surface area (Å²) in [5.41, 5.74) is -0.683. The summed E-state index contributed by atoms with van der Waals surface area (Å²) in [5.74, 6) is -1.66. The Morgan fingerprint density at radius 3 is 2.35 bits per heavy atom. The highest BCUT2D eigenvalue weighted by molar-refractivity contribution is 8.00. The van der Waals surface area contributed by atoms with Gasteiger partial charge in [-0.05, 0) is 27.7 Å². The van der Waals surface area contributed by atoms with E-state index in [9.17, 15) is 14.4 Å². The molecular weight excluding hydrogens is 286 g/mol. The van der Waals surface area contributed by atoms with Gasteiger partial charge in [-0.1, -0.05) is 0 Å². The van der Waals surface area contributed by atoms with E-state index in [0.29, 0.717) is 0 Å². The quantitative estimate of drug-likeness (QED) is 0.683. The summed E-state index contributed by atoms with van der Waals surface area (Å²) in [6.45, 7) is 6.92. The van der Waals surface area contributed by atoms with Crippen LogP contribution in [0, 0.1) is 0 Å². The average Bonchev–Trinajstić information content (AvgIpc) is 2.24. The second-order valence-electron chi connectivity index (χ2n) is 4.86. The molecule has 20 heavy (non-hydrogen) atoms. The van der Waals surface area contributed by atoms with Crippen molar-refractivity contribution in [3.05, 3.63) is 0 Å². The van der Waals surface area contributed by atoms with Crippen molar-refractivity contribution < 1.29 is 29.0 Å². The summed E-state index contributed by atoms with van der Waals surface area (Å²) in [4.78, 5) is 33.7. The number of amides is 1. The highest BCUT2D eigenvalue weighted by atomic mass is 32.2. The van der Waals surface area contributed by atoms with Gasteiger partial charge in [-0.3, -0.25) is 4.79 Å². The lowest BCUT2D eigenvalue weighted by atomic mass is 10.2. The van der Waals surface area contributed by atoms with Gasteiger partial charge in [-0.15, -0.1) is 11.8 Å². The number of aliphatic carboxylic acids is 1. The van der Waals surface area contributed by atoms with Crippen LogP contribution >= 0.6 is 11.8 Å². The van der Waals surface area contributed by atoms with E-state index in [0.717, 1.165) is 11.8 Å². The third kappa shape index (κ3) is 9.48. The van der Waals surface area contributed by atoms with Crippen LogP contribution in [0.4, 0.5) is 4.79 Å². The summed E-state index contributed by atoms with van der Waals surface area (Å²) >= 11 is 1.01. The predicted octanol–water partition coefficient (Wildman–Crippen LogP) is 1.26. The van der Waals surface area contributed by atoms with Gasteiger partial charge in [0, 0.05) is 5.75 Å². The van der Waals surface area contributed by atoms with Crippen molar-refractivity contribution in [3.63, 3.8) is 0 Å². The van der Waals surface area contributed by atoms with E-state index >= 15 is 0 Å². The van der Waals surface area contributed by atoms with E-state index in [1.54, 1.807) is 27.7 Å². The summed E-state index contributed by atoms with van der Waals surface area (Å²) < 4.78 is 9.86. The maximum atomic E-state index is 11.7. The Morgan fingerprint density at radius 2 is 1.90 bits per heavy atom. The van der Waals surface area contributed by atoms with Crippen LogP contribution in [0.5, 0.6) is 0 Å². The molecule has 8 heteroatoms. The predicted molar refractivity (Wildman–Crippen MR) is 74.8 cm³/mol. The second kappa shape index (κ2) is 8.68. The van der Waals surface area contributed by atoms with Gasteiger partial charge in [0.2, 0.25) is 0 Å². The molecule has 0 radical (unpaired) electrons. The highest BCUT2D eigenvalue weighted by Gasteiger charge is 2.25. The molecule has 7 nitrogen and oxygen atoms in total. The van der Waals surface area contributed by atoms with E-state index in [1.165, 1.54) is 0 Å². The van der Waals surface area contributed by atoms with E-state index in [4.69, 9.17) is 14.6 Å². The summed E-state index contributed by atoms with van der Waals surface area (Å²) in [6, 6.07) is -0.936. The van der Waals surface area contributed by atoms with Gasteiger partial charge in [-0.2, -0.15) is 0 Å². The van der Waals surface area contributed by atoms with E-state index in [2.05, 4.69) is 5.32 Å². The zero-order valence-electron chi connectivity index (χ0n) is 12.1. The number of hydrogen-bond acceptors (Lipinski definition) is 6. The zero-order chi connectivity index (χ0) is 15.8. The maximum Gasteiger partial charge on any atom is 0.408 e. The molecule has 1 amide bonds. The molecule has 0 aliphatic carbocycles. The van der Waals surface area contributed by atoms with Crippen molar-refractivity contribution >= 4 is 29.8 Å². The van der Waals surface area contributed by atoms with Crippen molar-refractivity contribution in [1.82, 2.24) is 5.32 Å². The number of rotatable bonds is 7. The fourth-order valence-corrected chi connectivity index (χ4v) is 1.87. The molecule has 0 rings (SSSR count). The number of carbonyl (C=O) groups excluding carboxylic acids is 2. The van der Waals surface area contributed by atoms with Crippen molar-refractivity contribution in [2.75, 3.05) is 18.1 Å². The smallest absolute Gasteiger partial charge is 0.408 e. The van der Waals surface area contributed by atoms with Gasteiger partial charge in [0.05, 0.1) is 12.4 Å². The van der Waals surface area contributed by atoms with Crippen molar-refractivity contribution in [1.29, 1.82) is 0 Å². The number of nitrogens with one attached hydrogen (secondary N) is 1. The molecule has 0 aromatic heterocycles. The normalized spacial score (nSPS) is 12.4. The fraction of sp³-hybridized carbons (Fsp3) is 0.750. The minimum atomic E-state index is -0.991. The number of alkyl carbamates (subject to hydrolysis) is 1. The lowest BCUT2D eigenvalue weighted by Crippen LogP contribution is -2.45. The maximum absolute atomic E-state index is 11.7. The summed E-state index contributed by atoms with van der Waals surface area (Å²) in [5, 5.41) is 10.9. The van der Waals surface area contributed by atoms with E-state index in [-0.39, 0.29) is 18.1 Å². The number of carboxylic acid groups (broad SMARTS) is 1. The standard InChI is InChI=1S/C12H21NO6S/c1-5-18-10(16)8(6-20-7-9(14)15)13-11(17)19-12(2,3)4/h8H,5-7H2,1-4H3,(H,13,17)(H,14,15)/t8-/m0/s1. The lowest BCUT2D eigenvalue weighted by Gasteiger charge is -2.22. The summed E-state index contributed by atoms with van der Waals surface area (Å²) in [7, 11) is 0. The topological polar surface area (TPSA) is 102 Å². The fourth-order valence-electron chi connectivity index (χ4n) is 1.13. The van der Waals surface area contributed by atoms with Gasteiger partial charge in [0.25, 0.3) is 0 Å². The molecule has 0 bridgehead atoms. The first-order valence-corrected chi connectivity index (χ1v) is 7.27. The molecule has 0 unspecified atom stereocenters. The second-order valence-corrected chi connectivity index (χ2v) is 5.89. The van der Waals surface area contributed by atoms with Crippen LogP contribution in [-0.4, -0.2) is 52.9 Å². The molecule has 0 aromatic carbocycles. The van der Waals surface area contributed by atoms with Crippen LogP contribution in [0.2, 0.25) is 0 Å². The van der Waals surface area contributed by atoms with Crippen LogP contribution in [0.15, 0.2) is 0 Å². The number of esters is 1.